The molecular formula is C16H11Cl2NO5. The van der Waals surface area contributed by atoms with Gasteiger partial charge in [0.25, 0.3) is 5.78 Å². The van der Waals surface area contributed by atoms with Crippen LogP contribution >= 0.6 is 23.2 Å². The maximum Gasteiger partial charge on any atom is 0.397 e. The number of methoxy groups -OCH3 is 1. The van der Waals surface area contributed by atoms with Crippen LogP contribution in [0.15, 0.2) is 42.5 Å². The predicted molar refractivity (Wildman–Crippen MR) is 87.7 cm³/mol. The molecule has 124 valence electrons. The number of ether oxygens (including phenoxy) is 2. The zero-order valence-electron chi connectivity index (χ0n) is 12.4. The zero-order valence-corrected chi connectivity index (χ0v) is 13.9. The topological polar surface area (TPSA) is 78.7 Å². The predicted octanol–water partition coefficient (Wildman–Crippen LogP) is 3.88. The van der Waals surface area contributed by atoms with Crippen molar-refractivity contribution in [1.29, 1.82) is 0 Å². The van der Waals surface area contributed by atoms with E-state index in [0.717, 1.165) is 0 Å². The fourth-order valence-corrected chi connectivity index (χ4v) is 2.98. The number of benzene rings is 2. The van der Waals surface area contributed by atoms with Gasteiger partial charge in [0.05, 0.1) is 17.6 Å². The van der Waals surface area contributed by atoms with Gasteiger partial charge in [-0.1, -0.05) is 29.8 Å². The lowest BCUT2D eigenvalue weighted by Gasteiger charge is -2.33. The van der Waals surface area contributed by atoms with Crippen molar-refractivity contribution in [3.05, 3.63) is 68.7 Å². The van der Waals surface area contributed by atoms with Crippen molar-refractivity contribution in [2.24, 2.45) is 0 Å². The minimum absolute atomic E-state index is 0.00580. The smallest absolute Gasteiger partial charge is 0.397 e. The summed E-state index contributed by atoms with van der Waals surface area (Å²) in [5, 5.41) is 12.1. The highest BCUT2D eigenvalue weighted by atomic mass is 35.5. The van der Waals surface area contributed by atoms with E-state index in [0.29, 0.717) is 16.3 Å². The summed E-state index contributed by atoms with van der Waals surface area (Å²) >= 11 is 12.0. The molecule has 0 bridgehead atoms. The van der Waals surface area contributed by atoms with E-state index in [-0.39, 0.29) is 11.3 Å². The summed E-state index contributed by atoms with van der Waals surface area (Å²) < 4.78 is 10.9. The molecule has 0 saturated carbocycles. The molecule has 3 rings (SSSR count). The standard InChI is InChI=1S/C16H11Cl2NO5/c1-23-12-4-2-3-11-13(12)24-15(9-5-7-10(17)8-6-9)16(18,14(11)20)19(21)22/h2-8,15H,1H3. The van der Waals surface area contributed by atoms with Crippen LogP contribution in [0.3, 0.4) is 0 Å². The fourth-order valence-electron chi connectivity index (χ4n) is 2.59. The van der Waals surface area contributed by atoms with E-state index in [1.807, 2.05) is 0 Å². The van der Waals surface area contributed by atoms with E-state index in [9.17, 15) is 14.9 Å². The van der Waals surface area contributed by atoms with Crippen LogP contribution in [0.25, 0.3) is 0 Å². The lowest BCUT2D eigenvalue weighted by atomic mass is 9.91. The molecule has 0 aromatic heterocycles. The first kappa shape index (κ1) is 16.5. The Morgan fingerprint density at radius 1 is 1.25 bits per heavy atom. The second kappa shape index (κ2) is 5.96. The first-order valence-electron chi connectivity index (χ1n) is 6.87. The maximum atomic E-state index is 12.8. The molecule has 0 aliphatic carbocycles. The van der Waals surface area contributed by atoms with Crippen LogP contribution in [0.4, 0.5) is 0 Å². The van der Waals surface area contributed by atoms with Gasteiger partial charge in [0, 0.05) is 10.6 Å². The number of fused-ring (bicyclic) bond motifs is 1. The second-order valence-electron chi connectivity index (χ2n) is 5.15. The number of hydrogen-bond donors (Lipinski definition) is 0. The number of Topliss-reactive ketones (excluding diaryl/α,β-unsaturated/α-hetero) is 1. The zero-order chi connectivity index (χ0) is 17.5. The molecule has 1 aliphatic rings. The van der Waals surface area contributed by atoms with Crippen molar-refractivity contribution in [2.45, 2.75) is 11.1 Å². The number of carbonyl (C=O) groups is 1. The molecule has 1 aliphatic heterocycles. The van der Waals surface area contributed by atoms with Crippen molar-refractivity contribution in [2.75, 3.05) is 7.11 Å². The Morgan fingerprint density at radius 3 is 2.50 bits per heavy atom. The highest BCUT2D eigenvalue weighted by Gasteiger charge is 2.62. The molecular weight excluding hydrogens is 357 g/mol. The van der Waals surface area contributed by atoms with Crippen molar-refractivity contribution in [3.8, 4) is 11.5 Å². The number of ketones is 1. The van der Waals surface area contributed by atoms with Crippen LogP contribution in [0.1, 0.15) is 22.0 Å². The SMILES string of the molecule is COc1cccc2c1OC(c1ccc(Cl)cc1)C(Cl)([N+](=O)[O-])C2=O. The average Bonchev–Trinajstić information content (AvgIpc) is 2.58. The molecule has 8 heteroatoms. The van der Waals surface area contributed by atoms with E-state index in [1.165, 1.54) is 25.3 Å². The highest BCUT2D eigenvalue weighted by Crippen LogP contribution is 2.48. The number of para-hydroxylation sites is 1. The molecule has 6 nitrogen and oxygen atoms in total. The van der Waals surface area contributed by atoms with E-state index in [2.05, 4.69) is 0 Å². The summed E-state index contributed by atoms with van der Waals surface area (Å²) in [5.74, 6) is -0.431. The third-order valence-electron chi connectivity index (χ3n) is 3.78. The minimum Gasteiger partial charge on any atom is -0.493 e. The summed E-state index contributed by atoms with van der Waals surface area (Å²) in [6, 6.07) is 10.7. The van der Waals surface area contributed by atoms with Crippen LogP contribution in [0, 0.1) is 10.1 Å². The number of rotatable bonds is 3. The maximum absolute atomic E-state index is 12.8. The Hall–Kier alpha value is -2.31. The van der Waals surface area contributed by atoms with E-state index in [4.69, 9.17) is 32.7 Å². The van der Waals surface area contributed by atoms with Crippen LogP contribution in [-0.4, -0.2) is 22.8 Å². The number of carbonyl (C=O) groups excluding carboxylic acids is 1. The quantitative estimate of drug-likeness (QED) is 0.356. The van der Waals surface area contributed by atoms with Gasteiger partial charge >= 0.3 is 5.00 Å². The number of alkyl halides is 1. The molecule has 0 amide bonds. The number of hydrogen-bond acceptors (Lipinski definition) is 5. The molecule has 24 heavy (non-hydrogen) atoms. The average molecular weight is 368 g/mol. The summed E-state index contributed by atoms with van der Waals surface area (Å²) in [6.07, 6.45) is -1.33. The molecule has 0 spiro atoms. The Labute approximate surface area is 147 Å². The van der Waals surface area contributed by atoms with Crippen molar-refractivity contribution < 1.29 is 19.2 Å². The molecule has 0 radical (unpaired) electrons. The first-order valence-corrected chi connectivity index (χ1v) is 7.62. The van der Waals surface area contributed by atoms with Gasteiger partial charge in [-0.05, 0) is 35.9 Å². The fraction of sp³-hybridized carbons (Fsp3) is 0.188. The Kier molecular flexibility index (Phi) is 4.11. The van der Waals surface area contributed by atoms with Gasteiger partial charge in [-0.2, -0.15) is 0 Å². The molecule has 0 N–H and O–H groups in total. The van der Waals surface area contributed by atoms with E-state index >= 15 is 0 Å². The Bertz CT molecular complexity index is 824. The molecule has 2 aromatic carbocycles. The molecule has 2 aromatic rings. The largest absolute Gasteiger partial charge is 0.493 e. The summed E-state index contributed by atoms with van der Waals surface area (Å²) in [4.78, 5) is 21.1. The summed E-state index contributed by atoms with van der Waals surface area (Å²) in [7, 11) is 1.41. The lowest BCUT2D eigenvalue weighted by Crippen LogP contribution is -2.51. The van der Waals surface area contributed by atoms with Gasteiger partial charge in [-0.15, -0.1) is 0 Å². The molecule has 2 unspecified atom stereocenters. The first-order chi connectivity index (χ1) is 11.4. The summed E-state index contributed by atoms with van der Waals surface area (Å²) in [6.45, 7) is 0. The second-order valence-corrected chi connectivity index (χ2v) is 6.16. The lowest BCUT2D eigenvalue weighted by molar-refractivity contribution is -0.536. The van der Waals surface area contributed by atoms with Crippen LogP contribution < -0.4 is 9.47 Å². The third kappa shape index (κ3) is 2.39. The van der Waals surface area contributed by atoms with Gasteiger partial charge in [0.1, 0.15) is 0 Å². The van der Waals surface area contributed by atoms with Gasteiger partial charge in [-0.3, -0.25) is 14.9 Å². The minimum atomic E-state index is -2.48. The monoisotopic (exact) mass is 367 g/mol. The molecule has 0 saturated heterocycles. The number of halogens is 2. The van der Waals surface area contributed by atoms with Crippen molar-refractivity contribution in [1.82, 2.24) is 0 Å². The van der Waals surface area contributed by atoms with Crippen molar-refractivity contribution >= 4 is 29.0 Å². The van der Waals surface area contributed by atoms with Gasteiger partial charge in [-0.25, -0.2) is 0 Å². The van der Waals surface area contributed by atoms with Crippen molar-refractivity contribution in [3.63, 3.8) is 0 Å². The number of nitro groups is 1. The highest BCUT2D eigenvalue weighted by molar-refractivity contribution is 6.37. The third-order valence-corrected chi connectivity index (χ3v) is 4.54. The molecule has 1 heterocycles. The summed E-state index contributed by atoms with van der Waals surface area (Å²) in [5.41, 5.74) is 0.363. The van der Waals surface area contributed by atoms with Crippen LogP contribution in [0.2, 0.25) is 5.02 Å². The number of nitrogens with zero attached hydrogens (tertiary/aromatic N) is 1. The van der Waals surface area contributed by atoms with E-state index in [1.54, 1.807) is 24.3 Å². The van der Waals surface area contributed by atoms with E-state index < -0.39 is 21.8 Å². The van der Waals surface area contributed by atoms with Crippen LogP contribution in [0.5, 0.6) is 11.5 Å². The van der Waals surface area contributed by atoms with Gasteiger partial charge < -0.3 is 9.47 Å². The Morgan fingerprint density at radius 2 is 1.92 bits per heavy atom. The molecule has 0 fully saturated rings. The van der Waals surface area contributed by atoms with Gasteiger partial charge in [0.15, 0.2) is 11.5 Å². The Balaban J connectivity index is 2.21. The normalized spacial score (nSPS) is 22.5. The molecule has 2 atom stereocenters. The van der Waals surface area contributed by atoms with Gasteiger partial charge in [0.2, 0.25) is 6.10 Å². The van der Waals surface area contributed by atoms with Crippen LogP contribution in [-0.2, 0) is 0 Å².